The normalized spacial score (nSPS) is 15.9. The lowest BCUT2D eigenvalue weighted by molar-refractivity contribution is -0.384. The van der Waals surface area contributed by atoms with Gasteiger partial charge in [-0.25, -0.2) is 4.79 Å². The van der Waals surface area contributed by atoms with Gasteiger partial charge in [0.05, 0.1) is 4.92 Å². The minimum absolute atomic E-state index is 0.0328. The fourth-order valence-electron chi connectivity index (χ4n) is 2.91. The maximum absolute atomic E-state index is 12.3. The number of esters is 1. The lowest BCUT2D eigenvalue weighted by atomic mass is 10.2. The van der Waals surface area contributed by atoms with E-state index in [1.807, 2.05) is 0 Å². The summed E-state index contributed by atoms with van der Waals surface area (Å²) in [5.41, 5.74) is -0.0328. The number of hydrogen-bond donors (Lipinski definition) is 1. The molecular formula is C17H18N2O5S. The van der Waals surface area contributed by atoms with E-state index in [9.17, 15) is 19.7 Å². The summed E-state index contributed by atoms with van der Waals surface area (Å²) >= 11 is 1.18. The molecule has 1 atom stereocenters. The number of nitro groups is 1. The third-order valence-corrected chi connectivity index (χ3v) is 5.36. The first kappa shape index (κ1) is 17.3. The molecule has 1 aliphatic carbocycles. The number of fused-ring (bicyclic) bond motifs is 1. The zero-order valence-electron chi connectivity index (χ0n) is 13.7. The molecule has 0 aliphatic heterocycles. The number of nitrogens with one attached hydrogen (secondary N) is 1. The van der Waals surface area contributed by atoms with Crippen molar-refractivity contribution in [3.05, 3.63) is 39.3 Å². The van der Waals surface area contributed by atoms with E-state index >= 15 is 0 Å². The molecule has 1 saturated carbocycles. The second-order valence-corrected chi connectivity index (χ2v) is 7.21. The number of ether oxygens (including phenoxy) is 1. The van der Waals surface area contributed by atoms with E-state index in [0.717, 1.165) is 30.4 Å². The Labute approximate surface area is 148 Å². The summed E-state index contributed by atoms with van der Waals surface area (Å²) < 4.78 is 5.99. The zero-order valence-corrected chi connectivity index (χ0v) is 14.5. The van der Waals surface area contributed by atoms with Crippen LogP contribution in [0.5, 0.6) is 0 Å². The number of nitrogens with zero attached hydrogens (tertiary/aromatic N) is 1. The van der Waals surface area contributed by atoms with Crippen molar-refractivity contribution < 1.29 is 19.2 Å². The second kappa shape index (κ2) is 7.18. The summed E-state index contributed by atoms with van der Waals surface area (Å²) in [6.45, 7) is 1.54. The fourth-order valence-corrected chi connectivity index (χ4v) is 3.83. The molecule has 1 unspecified atom stereocenters. The van der Waals surface area contributed by atoms with Gasteiger partial charge in [-0.1, -0.05) is 12.8 Å². The third-order valence-electron chi connectivity index (χ3n) is 4.27. The van der Waals surface area contributed by atoms with Crippen molar-refractivity contribution in [2.45, 2.75) is 44.8 Å². The summed E-state index contributed by atoms with van der Waals surface area (Å²) in [5.74, 6) is -0.894. The number of hydrogen-bond acceptors (Lipinski definition) is 6. The Balaban J connectivity index is 1.66. The Kier molecular flexibility index (Phi) is 4.98. The lowest BCUT2D eigenvalue weighted by Gasteiger charge is -2.16. The van der Waals surface area contributed by atoms with E-state index in [1.54, 1.807) is 19.1 Å². The van der Waals surface area contributed by atoms with Gasteiger partial charge < -0.3 is 10.1 Å². The molecule has 1 fully saturated rings. The van der Waals surface area contributed by atoms with Gasteiger partial charge in [-0.15, -0.1) is 11.3 Å². The van der Waals surface area contributed by atoms with Crippen LogP contribution in [0.4, 0.5) is 5.69 Å². The van der Waals surface area contributed by atoms with E-state index < -0.39 is 17.0 Å². The molecule has 7 nitrogen and oxygen atoms in total. The van der Waals surface area contributed by atoms with Crippen molar-refractivity contribution in [3.8, 4) is 0 Å². The Morgan fingerprint density at radius 1 is 1.32 bits per heavy atom. The average molecular weight is 362 g/mol. The van der Waals surface area contributed by atoms with Gasteiger partial charge in [0.25, 0.3) is 11.6 Å². The van der Waals surface area contributed by atoms with Gasteiger partial charge in [-0.2, -0.15) is 0 Å². The second-order valence-electron chi connectivity index (χ2n) is 6.13. The van der Waals surface area contributed by atoms with Crippen LogP contribution in [0.2, 0.25) is 0 Å². The molecule has 1 N–H and O–H groups in total. The first-order valence-electron chi connectivity index (χ1n) is 8.13. The molecule has 3 rings (SSSR count). The molecule has 132 valence electrons. The monoisotopic (exact) mass is 362 g/mol. The van der Waals surface area contributed by atoms with Crippen LogP contribution >= 0.6 is 11.3 Å². The van der Waals surface area contributed by atoms with Gasteiger partial charge in [-0.05, 0) is 31.9 Å². The molecule has 0 saturated heterocycles. The van der Waals surface area contributed by atoms with Gasteiger partial charge in [0.2, 0.25) is 0 Å². The first-order chi connectivity index (χ1) is 11.9. The van der Waals surface area contributed by atoms with Crippen molar-refractivity contribution in [1.82, 2.24) is 5.32 Å². The predicted octanol–water partition coefficient (Wildman–Crippen LogP) is 3.41. The minimum Gasteiger partial charge on any atom is -0.448 e. The van der Waals surface area contributed by atoms with Gasteiger partial charge in [-0.3, -0.25) is 14.9 Å². The highest BCUT2D eigenvalue weighted by atomic mass is 32.1. The Bertz CT molecular complexity index is 826. The largest absolute Gasteiger partial charge is 0.448 e. The molecule has 0 bridgehead atoms. The predicted molar refractivity (Wildman–Crippen MR) is 93.8 cm³/mol. The molecule has 1 aliphatic rings. The topological polar surface area (TPSA) is 98.5 Å². The molecule has 1 aromatic carbocycles. The van der Waals surface area contributed by atoms with Crippen LogP contribution in [-0.4, -0.2) is 28.9 Å². The van der Waals surface area contributed by atoms with Crippen LogP contribution in [0.1, 0.15) is 42.3 Å². The number of amides is 1. The summed E-state index contributed by atoms with van der Waals surface area (Å²) in [7, 11) is 0. The average Bonchev–Trinajstić information content (AvgIpc) is 3.22. The molecule has 1 aromatic heterocycles. The molecule has 1 amide bonds. The summed E-state index contributed by atoms with van der Waals surface area (Å²) in [6.07, 6.45) is 3.25. The summed E-state index contributed by atoms with van der Waals surface area (Å²) in [5, 5.41) is 14.3. The molecular weight excluding hydrogens is 344 g/mol. The van der Waals surface area contributed by atoms with E-state index in [0.29, 0.717) is 10.3 Å². The maximum Gasteiger partial charge on any atom is 0.349 e. The molecule has 8 heteroatoms. The Hall–Kier alpha value is -2.48. The van der Waals surface area contributed by atoms with E-state index in [4.69, 9.17) is 4.74 Å². The van der Waals surface area contributed by atoms with Crippen LogP contribution in [0.25, 0.3) is 10.1 Å². The van der Waals surface area contributed by atoms with Gasteiger partial charge in [0.1, 0.15) is 4.88 Å². The molecule has 25 heavy (non-hydrogen) atoms. The highest BCUT2D eigenvalue weighted by Crippen LogP contribution is 2.29. The lowest BCUT2D eigenvalue weighted by Crippen LogP contribution is -2.40. The third kappa shape index (κ3) is 3.96. The van der Waals surface area contributed by atoms with Crippen molar-refractivity contribution in [2.75, 3.05) is 0 Å². The van der Waals surface area contributed by atoms with Gasteiger partial charge >= 0.3 is 5.97 Å². The van der Waals surface area contributed by atoms with Gasteiger partial charge in [0.15, 0.2) is 6.10 Å². The van der Waals surface area contributed by atoms with Crippen molar-refractivity contribution in [3.63, 3.8) is 0 Å². The quantitative estimate of drug-likeness (QED) is 0.499. The highest BCUT2D eigenvalue weighted by Gasteiger charge is 2.24. The summed E-state index contributed by atoms with van der Waals surface area (Å²) in [6, 6.07) is 6.13. The summed E-state index contributed by atoms with van der Waals surface area (Å²) in [4.78, 5) is 35.0. The van der Waals surface area contributed by atoms with Crippen molar-refractivity contribution >= 4 is 39.0 Å². The van der Waals surface area contributed by atoms with E-state index in [-0.39, 0.29) is 17.6 Å². The number of thiophene rings is 1. The Morgan fingerprint density at radius 3 is 2.72 bits per heavy atom. The smallest absolute Gasteiger partial charge is 0.349 e. The van der Waals surface area contributed by atoms with Crippen LogP contribution < -0.4 is 5.32 Å². The van der Waals surface area contributed by atoms with Crippen LogP contribution in [0.3, 0.4) is 0 Å². The zero-order chi connectivity index (χ0) is 18.0. The number of rotatable bonds is 5. The standard InChI is InChI=1S/C17H18N2O5S/c1-10(16(20)18-12-4-2-3-5-12)24-17(21)15-9-11-8-13(19(22)23)6-7-14(11)25-15/h6-10,12H,2-5H2,1H3,(H,18,20). The SMILES string of the molecule is CC(OC(=O)c1cc2cc([N+](=O)[O-])ccc2s1)C(=O)NC1CCCC1. The Morgan fingerprint density at radius 2 is 2.04 bits per heavy atom. The first-order valence-corrected chi connectivity index (χ1v) is 8.95. The number of carbonyl (C=O) groups is 2. The number of carbonyl (C=O) groups excluding carboxylic acids is 2. The van der Waals surface area contributed by atoms with Crippen LogP contribution in [0, 0.1) is 10.1 Å². The van der Waals surface area contributed by atoms with Crippen LogP contribution in [-0.2, 0) is 9.53 Å². The molecule has 0 radical (unpaired) electrons. The van der Waals surface area contributed by atoms with Crippen molar-refractivity contribution in [2.24, 2.45) is 0 Å². The minimum atomic E-state index is -0.882. The molecule has 0 spiro atoms. The number of non-ortho nitro benzene ring substituents is 1. The van der Waals surface area contributed by atoms with E-state index in [1.165, 1.54) is 23.5 Å². The maximum atomic E-state index is 12.3. The number of benzene rings is 1. The fraction of sp³-hybridized carbons (Fsp3) is 0.412. The molecule has 2 aromatic rings. The highest BCUT2D eigenvalue weighted by molar-refractivity contribution is 7.20. The van der Waals surface area contributed by atoms with Crippen LogP contribution in [0.15, 0.2) is 24.3 Å². The van der Waals surface area contributed by atoms with Gasteiger partial charge in [0, 0.05) is 28.3 Å². The van der Waals surface area contributed by atoms with Crippen molar-refractivity contribution in [1.29, 1.82) is 0 Å². The number of nitro benzene ring substituents is 1. The van der Waals surface area contributed by atoms with E-state index in [2.05, 4.69) is 5.32 Å². The molecule has 1 heterocycles.